The second-order valence-electron chi connectivity index (χ2n) is 6.16. The SMILES string of the molecule is O=C(NC(=S)N1CCN(c2c(F)c(F)c(Cl)c(F)c2F)CC1)c1ccc(F)cc1. The third-order valence-electron chi connectivity index (χ3n) is 4.40. The number of halogens is 6. The van der Waals surface area contributed by atoms with Gasteiger partial charge in [0.1, 0.15) is 16.5 Å². The van der Waals surface area contributed by atoms with Gasteiger partial charge >= 0.3 is 0 Å². The lowest BCUT2D eigenvalue weighted by molar-refractivity contribution is 0.0973. The maximum atomic E-state index is 14.1. The Kier molecular flexibility index (Phi) is 6.23. The Labute approximate surface area is 172 Å². The standard InChI is InChI=1S/C18H13ClF5N3OS/c19-11-12(21)14(23)16(15(24)13(11)22)26-5-7-27(8-6-26)18(29)25-17(28)9-1-3-10(20)4-2-9/h1-4H,5-8H2,(H,25,28,29). The highest BCUT2D eigenvalue weighted by Gasteiger charge is 2.30. The lowest BCUT2D eigenvalue weighted by Gasteiger charge is -2.37. The summed E-state index contributed by atoms with van der Waals surface area (Å²) in [5, 5.41) is 1.30. The molecule has 0 spiro atoms. The molecule has 154 valence electrons. The summed E-state index contributed by atoms with van der Waals surface area (Å²) in [6.45, 7) is 0.238. The van der Waals surface area contributed by atoms with E-state index in [1.54, 1.807) is 4.90 Å². The second-order valence-corrected chi connectivity index (χ2v) is 6.92. The Morgan fingerprint density at radius 2 is 1.41 bits per heavy atom. The molecule has 0 aromatic heterocycles. The van der Waals surface area contributed by atoms with E-state index >= 15 is 0 Å². The van der Waals surface area contributed by atoms with Gasteiger partial charge in [-0.25, -0.2) is 22.0 Å². The minimum absolute atomic E-state index is 0.0130. The largest absolute Gasteiger partial charge is 0.363 e. The van der Waals surface area contributed by atoms with Crippen molar-refractivity contribution in [1.29, 1.82) is 0 Å². The molecule has 4 nitrogen and oxygen atoms in total. The first kappa shape index (κ1) is 21.3. The van der Waals surface area contributed by atoms with E-state index in [1.165, 1.54) is 12.1 Å². The summed E-state index contributed by atoms with van der Waals surface area (Å²) >= 11 is 10.4. The van der Waals surface area contributed by atoms with E-state index in [2.05, 4.69) is 5.32 Å². The molecule has 1 N–H and O–H groups in total. The van der Waals surface area contributed by atoms with Crippen molar-refractivity contribution in [2.24, 2.45) is 0 Å². The fourth-order valence-electron chi connectivity index (χ4n) is 2.85. The number of carbonyl (C=O) groups excluding carboxylic acids is 1. The molecule has 1 saturated heterocycles. The number of piperazine rings is 1. The van der Waals surface area contributed by atoms with Crippen LogP contribution in [0.3, 0.4) is 0 Å². The molecule has 29 heavy (non-hydrogen) atoms. The van der Waals surface area contributed by atoms with Crippen LogP contribution in [0.5, 0.6) is 0 Å². The predicted molar refractivity (Wildman–Crippen MR) is 102 cm³/mol. The maximum absolute atomic E-state index is 14.1. The summed E-state index contributed by atoms with van der Waals surface area (Å²) in [5.74, 6) is -7.51. The van der Waals surface area contributed by atoms with Crippen molar-refractivity contribution in [2.45, 2.75) is 0 Å². The molecule has 1 fully saturated rings. The van der Waals surface area contributed by atoms with Gasteiger partial charge in [0, 0.05) is 31.7 Å². The number of nitrogens with zero attached hydrogens (tertiary/aromatic N) is 2. The maximum Gasteiger partial charge on any atom is 0.257 e. The smallest absolute Gasteiger partial charge is 0.257 e. The van der Waals surface area contributed by atoms with Crippen LogP contribution in [-0.2, 0) is 0 Å². The minimum atomic E-state index is -1.66. The van der Waals surface area contributed by atoms with E-state index in [0.29, 0.717) is 0 Å². The van der Waals surface area contributed by atoms with E-state index < -0.39 is 45.7 Å². The van der Waals surface area contributed by atoms with Crippen LogP contribution >= 0.6 is 23.8 Å². The molecule has 1 aliphatic heterocycles. The lowest BCUT2D eigenvalue weighted by atomic mass is 10.2. The van der Waals surface area contributed by atoms with Gasteiger partial charge < -0.3 is 9.80 Å². The van der Waals surface area contributed by atoms with Crippen molar-refractivity contribution in [2.75, 3.05) is 31.1 Å². The van der Waals surface area contributed by atoms with Crippen molar-refractivity contribution in [3.63, 3.8) is 0 Å². The van der Waals surface area contributed by atoms with Crippen molar-refractivity contribution in [3.05, 3.63) is 63.9 Å². The lowest BCUT2D eigenvalue weighted by Crippen LogP contribution is -2.53. The molecule has 0 atom stereocenters. The first-order valence-corrected chi connectivity index (χ1v) is 9.11. The van der Waals surface area contributed by atoms with Gasteiger partial charge in [0.05, 0.1) is 0 Å². The van der Waals surface area contributed by atoms with Gasteiger partial charge in [-0.3, -0.25) is 10.1 Å². The fraction of sp³-hybridized carbons (Fsp3) is 0.222. The average molecular weight is 450 g/mol. The molecule has 0 aliphatic carbocycles. The molecule has 1 heterocycles. The average Bonchev–Trinajstić information content (AvgIpc) is 2.72. The number of nitrogens with one attached hydrogen (secondary N) is 1. The molecule has 3 rings (SSSR count). The normalized spacial score (nSPS) is 14.1. The van der Waals surface area contributed by atoms with E-state index in [9.17, 15) is 26.7 Å². The molecule has 0 saturated carbocycles. The zero-order chi connectivity index (χ0) is 21.3. The molecule has 2 aromatic carbocycles. The zero-order valence-electron chi connectivity index (χ0n) is 14.6. The van der Waals surface area contributed by atoms with Crippen LogP contribution in [0.4, 0.5) is 27.6 Å². The number of thiocarbonyl (C=S) groups is 1. The molecule has 11 heteroatoms. The summed E-state index contributed by atoms with van der Waals surface area (Å²) in [5.41, 5.74) is -0.644. The number of carbonyl (C=O) groups is 1. The van der Waals surface area contributed by atoms with Crippen LogP contribution in [0, 0.1) is 29.1 Å². The molecule has 0 radical (unpaired) electrons. The number of rotatable bonds is 2. The Bertz CT molecular complexity index is 936. The highest BCUT2D eigenvalue weighted by molar-refractivity contribution is 7.80. The van der Waals surface area contributed by atoms with Gasteiger partial charge in [-0.1, -0.05) is 11.6 Å². The Hall–Kier alpha value is -2.46. The monoisotopic (exact) mass is 449 g/mol. The van der Waals surface area contributed by atoms with Gasteiger partial charge in [-0.15, -0.1) is 0 Å². The van der Waals surface area contributed by atoms with Crippen LogP contribution in [-0.4, -0.2) is 42.1 Å². The number of amides is 1. The Morgan fingerprint density at radius 3 is 1.93 bits per heavy atom. The summed E-state index contributed by atoms with van der Waals surface area (Å²) in [6, 6.07) is 4.84. The molecular weight excluding hydrogens is 437 g/mol. The van der Waals surface area contributed by atoms with Gasteiger partial charge in [-0.2, -0.15) is 0 Å². The van der Waals surface area contributed by atoms with Crippen LogP contribution in [0.1, 0.15) is 10.4 Å². The van der Waals surface area contributed by atoms with Gasteiger partial charge in [0.2, 0.25) is 0 Å². The van der Waals surface area contributed by atoms with E-state index in [4.69, 9.17) is 23.8 Å². The predicted octanol–water partition coefficient (Wildman–Crippen LogP) is 3.87. The van der Waals surface area contributed by atoms with Gasteiger partial charge in [-0.05, 0) is 36.5 Å². The topological polar surface area (TPSA) is 35.6 Å². The Morgan fingerprint density at radius 1 is 0.897 bits per heavy atom. The number of benzene rings is 2. The first-order valence-electron chi connectivity index (χ1n) is 8.33. The van der Waals surface area contributed by atoms with Gasteiger partial charge in [0.25, 0.3) is 5.91 Å². The van der Waals surface area contributed by atoms with E-state index in [0.717, 1.165) is 17.0 Å². The summed E-state index contributed by atoms with van der Waals surface area (Å²) in [7, 11) is 0. The fourth-order valence-corrected chi connectivity index (χ4v) is 3.29. The third-order valence-corrected chi connectivity index (χ3v) is 5.09. The van der Waals surface area contributed by atoms with Crippen molar-refractivity contribution in [1.82, 2.24) is 10.2 Å². The van der Waals surface area contributed by atoms with E-state index in [-0.39, 0.29) is 36.9 Å². The van der Waals surface area contributed by atoms with Crippen molar-refractivity contribution in [3.8, 4) is 0 Å². The zero-order valence-corrected chi connectivity index (χ0v) is 16.2. The molecule has 1 aliphatic rings. The molecule has 0 bridgehead atoms. The van der Waals surface area contributed by atoms with Crippen LogP contribution in [0.25, 0.3) is 0 Å². The minimum Gasteiger partial charge on any atom is -0.363 e. The van der Waals surface area contributed by atoms with E-state index in [1.807, 2.05) is 0 Å². The summed E-state index contributed by atoms with van der Waals surface area (Å²) in [6.07, 6.45) is 0. The molecule has 2 aromatic rings. The first-order chi connectivity index (χ1) is 13.7. The number of anilines is 1. The van der Waals surface area contributed by atoms with Crippen molar-refractivity contribution < 1.29 is 26.7 Å². The third kappa shape index (κ3) is 4.27. The quantitative estimate of drug-likeness (QED) is 0.327. The molecule has 1 amide bonds. The van der Waals surface area contributed by atoms with Crippen molar-refractivity contribution >= 4 is 40.5 Å². The highest BCUT2D eigenvalue weighted by Crippen LogP contribution is 2.33. The van der Waals surface area contributed by atoms with Crippen LogP contribution < -0.4 is 10.2 Å². The highest BCUT2D eigenvalue weighted by atomic mass is 35.5. The van der Waals surface area contributed by atoms with Crippen LogP contribution in [0.2, 0.25) is 5.02 Å². The summed E-state index contributed by atoms with van der Waals surface area (Å²) in [4.78, 5) is 14.8. The van der Waals surface area contributed by atoms with Gasteiger partial charge in [0.15, 0.2) is 28.4 Å². The van der Waals surface area contributed by atoms with Crippen LogP contribution in [0.15, 0.2) is 24.3 Å². The molecular formula is C18H13ClF5N3OS. The second kappa shape index (κ2) is 8.50. The summed E-state index contributed by atoms with van der Waals surface area (Å²) < 4.78 is 68.5. The number of hydrogen-bond acceptors (Lipinski definition) is 3. The Balaban J connectivity index is 1.66. The molecule has 0 unspecified atom stereocenters. The number of hydrogen-bond donors (Lipinski definition) is 1.